The fourth-order valence-electron chi connectivity index (χ4n) is 1.86. The molecular weight excluding hydrogens is 228 g/mol. The third-order valence-electron chi connectivity index (χ3n) is 2.63. The van der Waals surface area contributed by atoms with E-state index in [1.807, 2.05) is 13.0 Å². The van der Waals surface area contributed by atoms with Gasteiger partial charge in [0, 0.05) is 19.0 Å². The summed E-state index contributed by atoms with van der Waals surface area (Å²) in [6.45, 7) is 8.86. The molecule has 102 valence electrons. The molecule has 18 heavy (non-hydrogen) atoms. The van der Waals surface area contributed by atoms with E-state index in [0.717, 1.165) is 18.6 Å². The third kappa shape index (κ3) is 4.92. The summed E-state index contributed by atoms with van der Waals surface area (Å²) in [7, 11) is 0. The minimum atomic E-state index is -0.195. The SMILES string of the molecule is CCc1ccc(C(=O)NCC(N)CC(C)(C)C)o1. The first-order valence-electron chi connectivity index (χ1n) is 6.44. The number of rotatable bonds is 5. The van der Waals surface area contributed by atoms with E-state index in [2.05, 4.69) is 26.1 Å². The third-order valence-corrected chi connectivity index (χ3v) is 2.63. The summed E-state index contributed by atoms with van der Waals surface area (Å²) in [5, 5.41) is 2.80. The number of amides is 1. The average molecular weight is 252 g/mol. The van der Waals surface area contributed by atoms with Gasteiger partial charge in [0.25, 0.3) is 5.91 Å². The van der Waals surface area contributed by atoms with Gasteiger partial charge in [-0.25, -0.2) is 0 Å². The number of nitrogens with two attached hydrogens (primary N) is 1. The van der Waals surface area contributed by atoms with Crippen molar-refractivity contribution < 1.29 is 9.21 Å². The van der Waals surface area contributed by atoms with Crippen molar-refractivity contribution >= 4 is 5.91 Å². The second kappa shape index (κ2) is 6.05. The minimum Gasteiger partial charge on any atom is -0.456 e. The van der Waals surface area contributed by atoms with Crippen LogP contribution in [0.25, 0.3) is 0 Å². The van der Waals surface area contributed by atoms with Gasteiger partial charge in [-0.3, -0.25) is 4.79 Å². The predicted molar refractivity (Wildman–Crippen MR) is 72.5 cm³/mol. The molecule has 4 heteroatoms. The van der Waals surface area contributed by atoms with E-state index < -0.39 is 0 Å². The fourth-order valence-corrected chi connectivity index (χ4v) is 1.86. The van der Waals surface area contributed by atoms with Crippen molar-refractivity contribution in [1.29, 1.82) is 0 Å². The van der Waals surface area contributed by atoms with Crippen molar-refractivity contribution in [3.8, 4) is 0 Å². The standard InChI is InChI=1S/C14H24N2O2/c1-5-11-6-7-12(18-11)13(17)16-9-10(15)8-14(2,3)4/h6-7,10H,5,8-9,15H2,1-4H3,(H,16,17). The lowest BCUT2D eigenvalue weighted by molar-refractivity contribution is 0.0919. The molecule has 0 saturated heterocycles. The van der Waals surface area contributed by atoms with Crippen LogP contribution in [0.3, 0.4) is 0 Å². The van der Waals surface area contributed by atoms with Crippen molar-refractivity contribution in [2.24, 2.45) is 11.1 Å². The van der Waals surface area contributed by atoms with Crippen LogP contribution in [-0.4, -0.2) is 18.5 Å². The molecule has 1 aromatic heterocycles. The van der Waals surface area contributed by atoms with Crippen LogP contribution >= 0.6 is 0 Å². The molecule has 0 saturated carbocycles. The van der Waals surface area contributed by atoms with E-state index in [1.54, 1.807) is 6.07 Å². The summed E-state index contributed by atoms with van der Waals surface area (Å²) in [4.78, 5) is 11.8. The Bertz CT molecular complexity index is 391. The Morgan fingerprint density at radius 1 is 1.44 bits per heavy atom. The van der Waals surface area contributed by atoms with Crippen LogP contribution in [0.2, 0.25) is 0 Å². The monoisotopic (exact) mass is 252 g/mol. The van der Waals surface area contributed by atoms with Crippen LogP contribution in [0, 0.1) is 5.41 Å². The van der Waals surface area contributed by atoms with Gasteiger partial charge in [-0.1, -0.05) is 27.7 Å². The highest BCUT2D eigenvalue weighted by molar-refractivity contribution is 5.91. The molecule has 0 radical (unpaired) electrons. The summed E-state index contributed by atoms with van der Waals surface area (Å²) in [5.41, 5.74) is 6.14. The van der Waals surface area contributed by atoms with Gasteiger partial charge in [0.2, 0.25) is 0 Å². The number of carbonyl (C=O) groups excluding carboxylic acids is 1. The molecule has 0 aliphatic carbocycles. The molecule has 0 fully saturated rings. The Labute approximate surface area is 109 Å². The number of nitrogens with one attached hydrogen (secondary N) is 1. The average Bonchev–Trinajstić information content (AvgIpc) is 2.72. The molecule has 0 aliphatic rings. The molecule has 4 nitrogen and oxygen atoms in total. The summed E-state index contributed by atoms with van der Waals surface area (Å²) in [6.07, 6.45) is 1.66. The van der Waals surface area contributed by atoms with Crippen LogP contribution in [-0.2, 0) is 6.42 Å². The summed E-state index contributed by atoms with van der Waals surface area (Å²) in [5.74, 6) is 0.980. The first-order chi connectivity index (χ1) is 8.31. The van der Waals surface area contributed by atoms with E-state index >= 15 is 0 Å². The van der Waals surface area contributed by atoms with Crippen molar-refractivity contribution in [3.63, 3.8) is 0 Å². The van der Waals surface area contributed by atoms with Gasteiger partial charge in [-0.2, -0.15) is 0 Å². The number of hydrogen-bond acceptors (Lipinski definition) is 3. The molecule has 1 amide bonds. The summed E-state index contributed by atoms with van der Waals surface area (Å²) >= 11 is 0. The van der Waals surface area contributed by atoms with Gasteiger partial charge in [0.05, 0.1) is 0 Å². The Morgan fingerprint density at radius 2 is 2.11 bits per heavy atom. The Balaban J connectivity index is 2.41. The molecular formula is C14H24N2O2. The second-order valence-electron chi connectivity index (χ2n) is 5.85. The predicted octanol–water partition coefficient (Wildman–Crippen LogP) is 2.34. The van der Waals surface area contributed by atoms with Crippen LogP contribution in [0.4, 0.5) is 0 Å². The van der Waals surface area contributed by atoms with Crippen molar-refractivity contribution in [1.82, 2.24) is 5.32 Å². The molecule has 1 atom stereocenters. The Morgan fingerprint density at radius 3 is 2.61 bits per heavy atom. The summed E-state index contributed by atoms with van der Waals surface area (Å²) in [6, 6.07) is 3.49. The first kappa shape index (κ1) is 14.8. The van der Waals surface area contributed by atoms with Gasteiger partial charge >= 0.3 is 0 Å². The second-order valence-corrected chi connectivity index (χ2v) is 5.85. The van der Waals surface area contributed by atoms with Gasteiger partial charge in [-0.05, 0) is 24.0 Å². The maximum Gasteiger partial charge on any atom is 0.287 e. The molecule has 3 N–H and O–H groups in total. The molecule has 0 bridgehead atoms. The van der Waals surface area contributed by atoms with E-state index in [9.17, 15) is 4.79 Å². The molecule has 1 unspecified atom stereocenters. The lowest BCUT2D eigenvalue weighted by atomic mass is 9.88. The normalized spacial score (nSPS) is 13.4. The largest absolute Gasteiger partial charge is 0.456 e. The number of aryl methyl sites for hydroxylation is 1. The lowest BCUT2D eigenvalue weighted by Gasteiger charge is -2.23. The number of hydrogen-bond donors (Lipinski definition) is 2. The highest BCUT2D eigenvalue weighted by Crippen LogP contribution is 2.19. The quantitative estimate of drug-likeness (QED) is 0.845. The Kier molecular flexibility index (Phi) is 4.96. The highest BCUT2D eigenvalue weighted by Gasteiger charge is 2.17. The number of carbonyl (C=O) groups is 1. The highest BCUT2D eigenvalue weighted by atomic mass is 16.3. The zero-order valence-corrected chi connectivity index (χ0v) is 11.7. The first-order valence-corrected chi connectivity index (χ1v) is 6.44. The van der Waals surface area contributed by atoms with Crippen molar-refractivity contribution in [3.05, 3.63) is 23.7 Å². The minimum absolute atomic E-state index is 0.0328. The van der Waals surface area contributed by atoms with E-state index in [4.69, 9.17) is 10.2 Å². The van der Waals surface area contributed by atoms with Crippen LogP contribution in [0.5, 0.6) is 0 Å². The molecule has 1 aromatic rings. The van der Waals surface area contributed by atoms with Crippen LogP contribution in [0.1, 0.15) is 50.4 Å². The van der Waals surface area contributed by atoms with Crippen LogP contribution < -0.4 is 11.1 Å². The zero-order valence-electron chi connectivity index (χ0n) is 11.7. The molecule has 0 aromatic carbocycles. The maximum atomic E-state index is 11.8. The van der Waals surface area contributed by atoms with Gasteiger partial charge in [-0.15, -0.1) is 0 Å². The molecule has 0 spiro atoms. The van der Waals surface area contributed by atoms with E-state index in [0.29, 0.717) is 12.3 Å². The Hall–Kier alpha value is -1.29. The molecule has 1 rings (SSSR count). The molecule has 1 heterocycles. The smallest absolute Gasteiger partial charge is 0.287 e. The maximum absolute atomic E-state index is 11.8. The zero-order chi connectivity index (χ0) is 13.8. The lowest BCUT2D eigenvalue weighted by Crippen LogP contribution is -2.39. The van der Waals surface area contributed by atoms with Gasteiger partial charge < -0.3 is 15.5 Å². The van der Waals surface area contributed by atoms with Gasteiger partial charge in [0.1, 0.15) is 5.76 Å². The van der Waals surface area contributed by atoms with E-state index in [-0.39, 0.29) is 17.4 Å². The van der Waals surface area contributed by atoms with Gasteiger partial charge in [0.15, 0.2) is 5.76 Å². The van der Waals surface area contributed by atoms with E-state index in [1.165, 1.54) is 0 Å². The topological polar surface area (TPSA) is 68.3 Å². The summed E-state index contributed by atoms with van der Waals surface area (Å²) < 4.78 is 5.37. The van der Waals surface area contributed by atoms with Crippen molar-refractivity contribution in [2.75, 3.05) is 6.54 Å². The fraction of sp³-hybridized carbons (Fsp3) is 0.643. The number of furan rings is 1. The van der Waals surface area contributed by atoms with Crippen LogP contribution in [0.15, 0.2) is 16.5 Å². The molecule has 0 aliphatic heterocycles. The van der Waals surface area contributed by atoms with Crippen molar-refractivity contribution in [2.45, 2.75) is 46.6 Å².